The lowest BCUT2D eigenvalue weighted by molar-refractivity contribution is 0.357. The molecule has 0 heterocycles. The summed E-state index contributed by atoms with van der Waals surface area (Å²) >= 11 is 0. The molecule has 0 unspecified atom stereocenters. The van der Waals surface area contributed by atoms with Gasteiger partial charge in [0.25, 0.3) is 0 Å². The zero-order valence-electron chi connectivity index (χ0n) is 15.1. The summed E-state index contributed by atoms with van der Waals surface area (Å²) in [5.74, 6) is 0.736. The van der Waals surface area contributed by atoms with Crippen molar-refractivity contribution in [3.8, 4) is 0 Å². The van der Waals surface area contributed by atoms with Gasteiger partial charge in [-0.1, -0.05) is 19.1 Å². The number of sulfone groups is 1. The molecule has 1 rings (SSSR count). The highest BCUT2D eigenvalue weighted by Gasteiger charge is 2.10. The largest absolute Gasteiger partial charge is 0.355 e. The lowest BCUT2D eigenvalue weighted by Gasteiger charge is -2.16. The van der Waals surface area contributed by atoms with Crippen molar-refractivity contribution in [3.63, 3.8) is 0 Å². The highest BCUT2D eigenvalue weighted by molar-refractivity contribution is 14.0. The van der Waals surface area contributed by atoms with Crippen LogP contribution >= 0.6 is 24.0 Å². The van der Waals surface area contributed by atoms with Crippen molar-refractivity contribution in [2.75, 3.05) is 40.0 Å². The molecule has 0 aliphatic carbocycles. The van der Waals surface area contributed by atoms with E-state index in [9.17, 15) is 8.42 Å². The minimum atomic E-state index is -3.17. The molecule has 0 aromatic heterocycles. The number of aliphatic imine (C=N–C) groups is 1. The van der Waals surface area contributed by atoms with Gasteiger partial charge in [-0.15, -0.1) is 24.0 Å². The van der Waals surface area contributed by atoms with Gasteiger partial charge >= 0.3 is 0 Å². The van der Waals surface area contributed by atoms with Crippen LogP contribution in [0.1, 0.15) is 18.1 Å². The predicted octanol–water partition coefficient (Wildman–Crippen LogP) is 1.63. The van der Waals surface area contributed by atoms with Crippen LogP contribution in [-0.2, 0) is 16.4 Å². The SMILES string of the molecule is CCN(C)CCNC(=NC)NCc1ccc(S(C)(=O)=O)c(C)c1.I. The number of guanidine groups is 1. The average molecular weight is 468 g/mol. The fraction of sp³-hybridized carbons (Fsp3) is 0.562. The molecule has 0 bridgehead atoms. The molecule has 138 valence electrons. The number of nitrogens with one attached hydrogen (secondary N) is 2. The topological polar surface area (TPSA) is 73.8 Å². The maximum absolute atomic E-state index is 11.6. The maximum atomic E-state index is 11.6. The highest BCUT2D eigenvalue weighted by Crippen LogP contribution is 2.16. The summed E-state index contributed by atoms with van der Waals surface area (Å²) in [4.78, 5) is 6.78. The molecular weight excluding hydrogens is 439 g/mol. The van der Waals surface area contributed by atoms with Crippen LogP contribution in [0.2, 0.25) is 0 Å². The lowest BCUT2D eigenvalue weighted by Crippen LogP contribution is -2.40. The number of rotatable bonds is 7. The number of aryl methyl sites for hydroxylation is 1. The molecule has 0 spiro atoms. The number of hydrogen-bond acceptors (Lipinski definition) is 4. The third-order valence-electron chi connectivity index (χ3n) is 3.65. The van der Waals surface area contributed by atoms with Crippen LogP contribution in [0.4, 0.5) is 0 Å². The molecule has 0 atom stereocenters. The van der Waals surface area contributed by atoms with Gasteiger partial charge in [-0.05, 0) is 37.7 Å². The van der Waals surface area contributed by atoms with Crippen molar-refractivity contribution in [2.24, 2.45) is 4.99 Å². The zero-order valence-corrected chi connectivity index (χ0v) is 18.2. The Hall–Kier alpha value is -0.870. The predicted molar refractivity (Wildman–Crippen MR) is 111 cm³/mol. The molecule has 0 saturated heterocycles. The van der Waals surface area contributed by atoms with Gasteiger partial charge in [0, 0.05) is 32.9 Å². The second kappa shape index (κ2) is 10.9. The van der Waals surface area contributed by atoms with Crippen LogP contribution in [0.5, 0.6) is 0 Å². The molecule has 0 radical (unpaired) electrons. The zero-order chi connectivity index (χ0) is 17.5. The van der Waals surface area contributed by atoms with E-state index in [1.54, 1.807) is 13.1 Å². The molecule has 8 heteroatoms. The first-order chi connectivity index (χ1) is 10.8. The van der Waals surface area contributed by atoms with Crippen LogP contribution < -0.4 is 10.6 Å². The van der Waals surface area contributed by atoms with E-state index >= 15 is 0 Å². The van der Waals surface area contributed by atoms with Crippen molar-refractivity contribution < 1.29 is 8.42 Å². The number of nitrogens with zero attached hydrogens (tertiary/aromatic N) is 2. The Morgan fingerprint density at radius 1 is 1.29 bits per heavy atom. The van der Waals surface area contributed by atoms with Gasteiger partial charge in [-0.25, -0.2) is 8.42 Å². The summed E-state index contributed by atoms with van der Waals surface area (Å²) in [5.41, 5.74) is 1.78. The molecule has 2 N–H and O–H groups in total. The summed E-state index contributed by atoms with van der Waals surface area (Å²) in [6, 6.07) is 5.38. The number of benzene rings is 1. The number of likely N-dealkylation sites (N-methyl/N-ethyl adjacent to an activating group) is 1. The standard InChI is InChI=1S/C16H28N4O2S.HI/c1-6-20(4)10-9-18-16(17-3)19-12-14-7-8-15(13(2)11-14)23(5,21)22;/h7-8,11H,6,9-10,12H2,1-5H3,(H2,17,18,19);1H. The summed E-state index contributed by atoms with van der Waals surface area (Å²) in [6.45, 7) is 7.30. The summed E-state index contributed by atoms with van der Waals surface area (Å²) < 4.78 is 23.3. The van der Waals surface area contributed by atoms with E-state index in [1.807, 2.05) is 19.1 Å². The molecule has 1 aromatic carbocycles. The van der Waals surface area contributed by atoms with Gasteiger partial charge in [0.05, 0.1) is 4.90 Å². The Morgan fingerprint density at radius 3 is 2.46 bits per heavy atom. The first-order valence-electron chi connectivity index (χ1n) is 7.70. The van der Waals surface area contributed by atoms with Crippen LogP contribution in [0, 0.1) is 6.92 Å². The van der Waals surface area contributed by atoms with E-state index in [4.69, 9.17) is 0 Å². The van der Waals surface area contributed by atoms with E-state index in [0.717, 1.165) is 36.7 Å². The Bertz CT molecular complexity index is 647. The molecular formula is C16H29IN4O2S. The van der Waals surface area contributed by atoms with Gasteiger partial charge in [0.1, 0.15) is 0 Å². The molecule has 0 aliphatic rings. The fourth-order valence-electron chi connectivity index (χ4n) is 2.17. The summed E-state index contributed by atoms with van der Waals surface area (Å²) in [6.07, 6.45) is 1.23. The van der Waals surface area contributed by atoms with Crippen LogP contribution in [0.15, 0.2) is 28.1 Å². The fourth-order valence-corrected chi connectivity index (χ4v) is 3.13. The van der Waals surface area contributed by atoms with Crippen molar-refractivity contribution in [3.05, 3.63) is 29.3 Å². The van der Waals surface area contributed by atoms with Crippen molar-refractivity contribution in [1.82, 2.24) is 15.5 Å². The number of halogens is 1. The molecule has 1 aromatic rings. The third kappa shape index (κ3) is 7.80. The quantitative estimate of drug-likeness (QED) is 0.362. The van der Waals surface area contributed by atoms with E-state index in [1.165, 1.54) is 6.26 Å². The molecule has 0 amide bonds. The van der Waals surface area contributed by atoms with Crippen LogP contribution in [0.25, 0.3) is 0 Å². The van der Waals surface area contributed by atoms with Crippen LogP contribution in [-0.4, -0.2) is 59.3 Å². The van der Waals surface area contributed by atoms with E-state index in [2.05, 4.69) is 34.5 Å². The summed E-state index contributed by atoms with van der Waals surface area (Å²) in [5, 5.41) is 6.49. The first-order valence-corrected chi connectivity index (χ1v) is 9.59. The van der Waals surface area contributed by atoms with Crippen molar-refractivity contribution in [2.45, 2.75) is 25.3 Å². The average Bonchev–Trinajstić information content (AvgIpc) is 2.49. The monoisotopic (exact) mass is 468 g/mol. The van der Waals surface area contributed by atoms with Gasteiger partial charge in [-0.3, -0.25) is 4.99 Å². The molecule has 0 fully saturated rings. The Kier molecular flexibility index (Phi) is 10.5. The molecule has 6 nitrogen and oxygen atoms in total. The van der Waals surface area contributed by atoms with Gasteiger partial charge in [0.2, 0.25) is 0 Å². The first kappa shape index (κ1) is 23.1. The maximum Gasteiger partial charge on any atom is 0.191 e. The number of hydrogen-bond donors (Lipinski definition) is 2. The van der Waals surface area contributed by atoms with E-state index in [0.29, 0.717) is 11.4 Å². The smallest absolute Gasteiger partial charge is 0.191 e. The van der Waals surface area contributed by atoms with Gasteiger partial charge < -0.3 is 15.5 Å². The molecule has 24 heavy (non-hydrogen) atoms. The van der Waals surface area contributed by atoms with Gasteiger partial charge in [-0.2, -0.15) is 0 Å². The third-order valence-corrected chi connectivity index (χ3v) is 4.91. The Labute approximate surface area is 163 Å². The van der Waals surface area contributed by atoms with E-state index < -0.39 is 9.84 Å². The second-order valence-electron chi connectivity index (χ2n) is 5.62. The van der Waals surface area contributed by atoms with E-state index in [-0.39, 0.29) is 24.0 Å². The van der Waals surface area contributed by atoms with Gasteiger partial charge in [0.15, 0.2) is 15.8 Å². The minimum Gasteiger partial charge on any atom is -0.355 e. The molecule has 0 aliphatic heterocycles. The van der Waals surface area contributed by atoms with Crippen molar-refractivity contribution >= 4 is 39.8 Å². The lowest BCUT2D eigenvalue weighted by atomic mass is 10.1. The van der Waals surface area contributed by atoms with Crippen molar-refractivity contribution in [1.29, 1.82) is 0 Å². The molecule has 0 saturated carbocycles. The normalized spacial score (nSPS) is 12.0. The van der Waals surface area contributed by atoms with Crippen LogP contribution in [0.3, 0.4) is 0 Å². The minimum absolute atomic E-state index is 0. The Morgan fingerprint density at radius 2 is 1.96 bits per heavy atom. The Balaban J connectivity index is 0.00000529. The summed E-state index contributed by atoms with van der Waals surface area (Å²) in [7, 11) is 0.636. The highest BCUT2D eigenvalue weighted by atomic mass is 127. The second-order valence-corrected chi connectivity index (χ2v) is 7.60.